The standard InChI is InChI=1S/C21H28F2O2/c1-2-3-4-5-6-16-7-11-18(12-8-16)21(24)25-19-13-9-17(10-14-19)15-20(22)23/h9-10,13-16,18H,2-8,11-12H2,1H3. The number of unbranched alkanes of at least 4 members (excludes halogenated alkanes) is 3. The number of hydrogen-bond acceptors (Lipinski definition) is 2. The lowest BCUT2D eigenvalue weighted by Crippen LogP contribution is -2.25. The number of carbonyl (C=O) groups is 1. The molecule has 0 radical (unpaired) electrons. The summed E-state index contributed by atoms with van der Waals surface area (Å²) in [5.74, 6) is 0.949. The number of rotatable bonds is 8. The monoisotopic (exact) mass is 350 g/mol. The molecule has 0 aromatic heterocycles. The van der Waals surface area contributed by atoms with Crippen LogP contribution in [0, 0.1) is 11.8 Å². The minimum atomic E-state index is -1.74. The Hall–Kier alpha value is -1.71. The summed E-state index contributed by atoms with van der Waals surface area (Å²) in [6.45, 7) is 2.22. The van der Waals surface area contributed by atoms with Crippen LogP contribution in [0.5, 0.6) is 5.75 Å². The molecule has 1 fully saturated rings. The molecular weight excluding hydrogens is 322 g/mol. The highest BCUT2D eigenvalue weighted by molar-refractivity contribution is 5.75. The molecule has 25 heavy (non-hydrogen) atoms. The smallest absolute Gasteiger partial charge is 0.314 e. The summed E-state index contributed by atoms with van der Waals surface area (Å²) in [7, 11) is 0. The molecule has 0 N–H and O–H groups in total. The topological polar surface area (TPSA) is 26.3 Å². The molecule has 0 aliphatic heterocycles. The molecule has 0 saturated heterocycles. The Balaban J connectivity index is 1.74. The molecule has 0 spiro atoms. The Bertz CT molecular complexity index is 554. The van der Waals surface area contributed by atoms with E-state index in [0.717, 1.165) is 37.7 Å². The second kappa shape index (κ2) is 10.3. The fourth-order valence-corrected chi connectivity index (χ4v) is 3.50. The zero-order valence-corrected chi connectivity index (χ0v) is 15.0. The van der Waals surface area contributed by atoms with Gasteiger partial charge < -0.3 is 4.74 Å². The number of carbonyl (C=O) groups excluding carboxylic acids is 1. The van der Waals surface area contributed by atoms with E-state index >= 15 is 0 Å². The van der Waals surface area contributed by atoms with Gasteiger partial charge in [0.25, 0.3) is 6.08 Å². The minimum absolute atomic E-state index is 0.0326. The highest BCUT2D eigenvalue weighted by atomic mass is 19.3. The molecule has 0 bridgehead atoms. The van der Waals surface area contributed by atoms with E-state index < -0.39 is 6.08 Å². The van der Waals surface area contributed by atoms with Gasteiger partial charge >= 0.3 is 5.97 Å². The second-order valence-corrected chi connectivity index (χ2v) is 6.99. The van der Waals surface area contributed by atoms with Gasteiger partial charge in [0.15, 0.2) is 0 Å². The van der Waals surface area contributed by atoms with Gasteiger partial charge in [-0.2, -0.15) is 8.78 Å². The second-order valence-electron chi connectivity index (χ2n) is 6.99. The van der Waals surface area contributed by atoms with Crippen molar-refractivity contribution in [3.63, 3.8) is 0 Å². The van der Waals surface area contributed by atoms with Crippen LogP contribution in [0.4, 0.5) is 8.78 Å². The number of hydrogen-bond donors (Lipinski definition) is 0. The molecule has 0 unspecified atom stereocenters. The molecule has 2 nitrogen and oxygen atoms in total. The van der Waals surface area contributed by atoms with Gasteiger partial charge in [-0.25, -0.2) is 0 Å². The summed E-state index contributed by atoms with van der Waals surface area (Å²) in [5.41, 5.74) is 0.392. The van der Waals surface area contributed by atoms with Crippen molar-refractivity contribution in [3.8, 4) is 5.75 Å². The summed E-state index contributed by atoms with van der Waals surface area (Å²) in [6, 6.07) is 6.17. The first kappa shape index (κ1) is 19.6. The van der Waals surface area contributed by atoms with Gasteiger partial charge in [0, 0.05) is 6.08 Å². The van der Waals surface area contributed by atoms with Crippen LogP contribution in [0.3, 0.4) is 0 Å². The van der Waals surface area contributed by atoms with Gasteiger partial charge in [0.1, 0.15) is 5.75 Å². The quantitative estimate of drug-likeness (QED) is 0.300. The molecule has 0 heterocycles. The molecule has 0 amide bonds. The van der Waals surface area contributed by atoms with E-state index in [1.54, 1.807) is 12.1 Å². The Kier molecular flexibility index (Phi) is 8.10. The van der Waals surface area contributed by atoms with E-state index in [0.29, 0.717) is 11.3 Å². The van der Waals surface area contributed by atoms with Crippen molar-refractivity contribution in [1.29, 1.82) is 0 Å². The van der Waals surface area contributed by atoms with Gasteiger partial charge in [-0.15, -0.1) is 0 Å². The largest absolute Gasteiger partial charge is 0.426 e. The molecule has 1 aromatic rings. The molecule has 138 valence electrons. The zero-order valence-electron chi connectivity index (χ0n) is 15.0. The predicted molar refractivity (Wildman–Crippen MR) is 96.5 cm³/mol. The maximum atomic E-state index is 12.3. The van der Waals surface area contributed by atoms with Crippen LogP contribution < -0.4 is 4.74 Å². The van der Waals surface area contributed by atoms with E-state index in [4.69, 9.17) is 4.74 Å². The number of benzene rings is 1. The van der Waals surface area contributed by atoms with Gasteiger partial charge in [-0.3, -0.25) is 4.79 Å². The lowest BCUT2D eigenvalue weighted by molar-refractivity contribution is -0.140. The third-order valence-electron chi connectivity index (χ3n) is 5.02. The molecule has 0 atom stereocenters. The predicted octanol–water partition coefficient (Wildman–Crippen LogP) is 6.61. The fraction of sp³-hybridized carbons (Fsp3) is 0.571. The third kappa shape index (κ3) is 6.97. The SMILES string of the molecule is CCCCCCC1CCC(C(=O)Oc2ccc(C=C(F)F)cc2)CC1. The summed E-state index contributed by atoms with van der Waals surface area (Å²) in [4.78, 5) is 12.3. The van der Waals surface area contributed by atoms with Crippen LogP contribution in [0.2, 0.25) is 0 Å². The minimum Gasteiger partial charge on any atom is -0.426 e. The van der Waals surface area contributed by atoms with Gasteiger partial charge in [-0.1, -0.05) is 51.2 Å². The van der Waals surface area contributed by atoms with Gasteiger partial charge in [-0.05, 0) is 49.3 Å². The fourth-order valence-electron chi connectivity index (χ4n) is 3.50. The highest BCUT2D eigenvalue weighted by Crippen LogP contribution is 2.33. The molecular formula is C21H28F2O2. The average Bonchev–Trinajstić information content (AvgIpc) is 2.60. The Morgan fingerprint density at radius 3 is 2.36 bits per heavy atom. The van der Waals surface area contributed by atoms with Crippen molar-refractivity contribution in [2.45, 2.75) is 64.7 Å². The Labute approximate surface area is 149 Å². The van der Waals surface area contributed by atoms with Crippen molar-refractivity contribution in [2.75, 3.05) is 0 Å². The van der Waals surface area contributed by atoms with Crippen LogP contribution in [-0.4, -0.2) is 5.97 Å². The normalized spacial score (nSPS) is 20.1. The molecule has 1 aliphatic carbocycles. The number of ether oxygens (including phenoxy) is 1. The summed E-state index contributed by atoms with van der Waals surface area (Å²) < 4.78 is 29.8. The maximum Gasteiger partial charge on any atom is 0.314 e. The number of halogens is 2. The first-order valence-corrected chi connectivity index (χ1v) is 9.43. The molecule has 1 saturated carbocycles. The van der Waals surface area contributed by atoms with Crippen LogP contribution >= 0.6 is 0 Å². The van der Waals surface area contributed by atoms with Crippen LogP contribution in [-0.2, 0) is 4.79 Å². The molecule has 2 rings (SSSR count). The zero-order chi connectivity index (χ0) is 18.1. The Morgan fingerprint density at radius 1 is 1.08 bits per heavy atom. The van der Waals surface area contributed by atoms with E-state index in [1.807, 2.05) is 0 Å². The van der Waals surface area contributed by atoms with E-state index in [9.17, 15) is 13.6 Å². The lowest BCUT2D eigenvalue weighted by atomic mass is 9.80. The van der Waals surface area contributed by atoms with Crippen molar-refractivity contribution >= 4 is 12.0 Å². The first-order valence-electron chi connectivity index (χ1n) is 9.43. The van der Waals surface area contributed by atoms with E-state index in [2.05, 4.69) is 6.92 Å². The highest BCUT2D eigenvalue weighted by Gasteiger charge is 2.27. The number of esters is 1. The molecule has 1 aliphatic rings. The van der Waals surface area contributed by atoms with Crippen LogP contribution in [0.1, 0.15) is 70.3 Å². The van der Waals surface area contributed by atoms with Crippen LogP contribution in [0.15, 0.2) is 30.3 Å². The third-order valence-corrected chi connectivity index (χ3v) is 5.02. The molecule has 1 aromatic carbocycles. The summed E-state index contributed by atoms with van der Waals surface area (Å²) in [6.07, 6.45) is 9.51. The van der Waals surface area contributed by atoms with E-state index in [-0.39, 0.29) is 11.9 Å². The average molecular weight is 350 g/mol. The van der Waals surface area contributed by atoms with Crippen LogP contribution in [0.25, 0.3) is 6.08 Å². The van der Waals surface area contributed by atoms with Gasteiger partial charge in [0.05, 0.1) is 5.92 Å². The van der Waals surface area contributed by atoms with Crippen molar-refractivity contribution < 1.29 is 18.3 Å². The van der Waals surface area contributed by atoms with Crippen molar-refractivity contribution in [1.82, 2.24) is 0 Å². The van der Waals surface area contributed by atoms with Gasteiger partial charge in [0.2, 0.25) is 0 Å². The van der Waals surface area contributed by atoms with Crippen molar-refractivity contribution in [3.05, 3.63) is 35.9 Å². The van der Waals surface area contributed by atoms with Crippen molar-refractivity contribution in [2.24, 2.45) is 11.8 Å². The first-order chi connectivity index (χ1) is 12.1. The lowest BCUT2D eigenvalue weighted by Gasteiger charge is -2.27. The Morgan fingerprint density at radius 2 is 1.76 bits per heavy atom. The summed E-state index contributed by atoms with van der Waals surface area (Å²) >= 11 is 0. The maximum absolute atomic E-state index is 12.3. The van der Waals surface area contributed by atoms with E-state index in [1.165, 1.54) is 44.2 Å². The summed E-state index contributed by atoms with van der Waals surface area (Å²) in [5, 5.41) is 0. The molecule has 4 heteroatoms.